The molecule has 124 valence electrons. The van der Waals surface area contributed by atoms with Gasteiger partial charge in [-0.15, -0.1) is 10.2 Å². The predicted octanol–water partition coefficient (Wildman–Crippen LogP) is 1.84. The first-order chi connectivity index (χ1) is 12.3. The zero-order chi connectivity index (χ0) is 17.1. The fourth-order valence-electron chi connectivity index (χ4n) is 2.21. The molecule has 4 rings (SSSR count). The van der Waals surface area contributed by atoms with E-state index in [1.807, 2.05) is 47.2 Å². The molecule has 4 aromatic rings. The first-order valence-corrected chi connectivity index (χ1v) is 8.43. The fraction of sp³-hybridized carbons (Fsp3) is 0.0625. The summed E-state index contributed by atoms with van der Waals surface area (Å²) in [5, 5.41) is 23.1. The molecule has 0 radical (unpaired) electrons. The van der Waals surface area contributed by atoms with Gasteiger partial charge < -0.3 is 5.32 Å². The number of nitrogens with zero attached hydrogens (tertiary/aromatic N) is 6. The molecule has 0 atom stereocenters. The Kier molecular flexibility index (Phi) is 4.05. The first-order valence-electron chi connectivity index (χ1n) is 7.49. The minimum atomic E-state index is -0.313. The summed E-state index contributed by atoms with van der Waals surface area (Å²) < 4.78 is 1.67. The molecule has 0 saturated carbocycles. The van der Waals surface area contributed by atoms with Crippen molar-refractivity contribution in [1.29, 1.82) is 0 Å². The van der Waals surface area contributed by atoms with E-state index in [1.54, 1.807) is 22.2 Å². The third-order valence-corrected chi connectivity index (χ3v) is 4.12. The molecule has 9 heteroatoms. The van der Waals surface area contributed by atoms with Crippen LogP contribution < -0.4 is 5.32 Å². The average molecular weight is 351 g/mol. The summed E-state index contributed by atoms with van der Waals surface area (Å²) in [7, 11) is 0. The maximum absolute atomic E-state index is 12.2. The Labute approximate surface area is 146 Å². The van der Waals surface area contributed by atoms with Gasteiger partial charge in [0.1, 0.15) is 5.69 Å². The van der Waals surface area contributed by atoms with Gasteiger partial charge in [0, 0.05) is 5.38 Å². The quantitative estimate of drug-likeness (QED) is 0.592. The molecule has 0 aliphatic heterocycles. The van der Waals surface area contributed by atoms with Crippen molar-refractivity contribution in [2.75, 3.05) is 0 Å². The van der Waals surface area contributed by atoms with Gasteiger partial charge in [-0.3, -0.25) is 4.79 Å². The third-order valence-electron chi connectivity index (χ3n) is 3.45. The molecule has 0 aliphatic carbocycles. The Morgan fingerprint density at radius 3 is 2.84 bits per heavy atom. The van der Waals surface area contributed by atoms with Gasteiger partial charge in [0.2, 0.25) is 0 Å². The number of carbonyl (C=O) groups excluding carboxylic acids is 1. The Hall–Kier alpha value is -3.33. The third kappa shape index (κ3) is 3.31. The first kappa shape index (κ1) is 15.2. The van der Waals surface area contributed by atoms with E-state index < -0.39 is 0 Å². The van der Waals surface area contributed by atoms with E-state index >= 15 is 0 Å². The second kappa shape index (κ2) is 6.65. The number of para-hydroxylation sites is 1. The lowest BCUT2D eigenvalue weighted by atomic mass is 10.3. The summed E-state index contributed by atoms with van der Waals surface area (Å²) in [6, 6.07) is 11.4. The van der Waals surface area contributed by atoms with Gasteiger partial charge in [0.05, 0.1) is 30.3 Å². The molecule has 1 N–H and O–H groups in total. The normalized spacial score (nSPS) is 10.7. The van der Waals surface area contributed by atoms with Crippen molar-refractivity contribution in [3.63, 3.8) is 0 Å². The van der Waals surface area contributed by atoms with Gasteiger partial charge in [0.15, 0.2) is 5.69 Å². The number of aromatic nitrogens is 6. The molecule has 8 nitrogen and oxygen atoms in total. The van der Waals surface area contributed by atoms with Crippen LogP contribution in [-0.2, 0) is 6.54 Å². The zero-order valence-electron chi connectivity index (χ0n) is 13.0. The van der Waals surface area contributed by atoms with Crippen molar-refractivity contribution >= 4 is 17.2 Å². The maximum atomic E-state index is 12.2. The smallest absolute Gasteiger partial charge is 0.273 e. The van der Waals surface area contributed by atoms with Crippen LogP contribution in [0.5, 0.6) is 0 Å². The highest BCUT2D eigenvalue weighted by Gasteiger charge is 2.12. The van der Waals surface area contributed by atoms with Gasteiger partial charge in [-0.05, 0) is 23.6 Å². The van der Waals surface area contributed by atoms with Crippen LogP contribution in [0.4, 0.5) is 0 Å². The van der Waals surface area contributed by atoms with Gasteiger partial charge in [-0.1, -0.05) is 23.4 Å². The predicted molar refractivity (Wildman–Crippen MR) is 91.8 cm³/mol. The van der Waals surface area contributed by atoms with E-state index in [-0.39, 0.29) is 18.1 Å². The summed E-state index contributed by atoms with van der Waals surface area (Å²) >= 11 is 1.58. The largest absolute Gasteiger partial charge is 0.345 e. The number of amides is 1. The fourth-order valence-corrected chi connectivity index (χ4v) is 2.83. The Morgan fingerprint density at radius 2 is 2.04 bits per heavy atom. The Bertz CT molecular complexity index is 975. The molecule has 0 unspecified atom stereocenters. The summed E-state index contributed by atoms with van der Waals surface area (Å²) in [5.74, 6) is -0.313. The number of hydrogen-bond acceptors (Lipinski definition) is 6. The average Bonchev–Trinajstić information content (AvgIpc) is 3.41. The van der Waals surface area contributed by atoms with Gasteiger partial charge in [0.25, 0.3) is 5.91 Å². The Morgan fingerprint density at radius 1 is 1.16 bits per heavy atom. The minimum absolute atomic E-state index is 0.245. The van der Waals surface area contributed by atoms with Crippen molar-refractivity contribution < 1.29 is 4.79 Å². The number of rotatable bonds is 5. The number of nitrogens with one attached hydrogen (secondary N) is 1. The summed E-state index contributed by atoms with van der Waals surface area (Å²) in [6.07, 6.45) is 3.22. The van der Waals surface area contributed by atoms with E-state index in [0.717, 1.165) is 11.4 Å². The van der Waals surface area contributed by atoms with Crippen LogP contribution >= 0.6 is 11.3 Å². The SMILES string of the molecule is O=C(NCc1cn(-c2ccsc2)nn1)c1cnn(-c2ccccc2)n1. The molecule has 0 aliphatic rings. The molecular formula is C16H13N7OS. The second-order valence-corrected chi connectivity index (χ2v) is 5.95. The van der Waals surface area contributed by atoms with Crippen LogP contribution in [0.25, 0.3) is 11.4 Å². The van der Waals surface area contributed by atoms with Crippen LogP contribution in [0.15, 0.2) is 59.6 Å². The summed E-state index contributed by atoms with van der Waals surface area (Å²) in [5.41, 5.74) is 2.64. The molecule has 3 aromatic heterocycles. The molecule has 3 heterocycles. The monoisotopic (exact) mass is 351 g/mol. The zero-order valence-corrected chi connectivity index (χ0v) is 13.8. The van der Waals surface area contributed by atoms with Crippen LogP contribution in [0.3, 0.4) is 0 Å². The van der Waals surface area contributed by atoms with E-state index in [2.05, 4.69) is 25.8 Å². The van der Waals surface area contributed by atoms with Crippen molar-refractivity contribution in [2.24, 2.45) is 0 Å². The van der Waals surface area contributed by atoms with Crippen LogP contribution in [-0.4, -0.2) is 35.9 Å². The number of hydrogen-bond donors (Lipinski definition) is 1. The highest BCUT2D eigenvalue weighted by Crippen LogP contribution is 2.11. The topological polar surface area (TPSA) is 90.5 Å². The molecule has 1 amide bonds. The molecule has 1 aromatic carbocycles. The second-order valence-electron chi connectivity index (χ2n) is 5.17. The van der Waals surface area contributed by atoms with Gasteiger partial charge >= 0.3 is 0 Å². The molecule has 0 saturated heterocycles. The number of benzene rings is 1. The van der Waals surface area contributed by atoms with Crippen LogP contribution in [0.2, 0.25) is 0 Å². The molecule has 0 bridgehead atoms. The summed E-state index contributed by atoms with van der Waals surface area (Å²) in [4.78, 5) is 13.6. The van der Waals surface area contributed by atoms with E-state index in [0.29, 0.717) is 5.69 Å². The highest BCUT2D eigenvalue weighted by atomic mass is 32.1. The van der Waals surface area contributed by atoms with Gasteiger partial charge in [-0.2, -0.15) is 21.2 Å². The maximum Gasteiger partial charge on any atom is 0.273 e. The lowest BCUT2D eigenvalue weighted by Crippen LogP contribution is -2.23. The number of thiophene rings is 1. The summed E-state index contributed by atoms with van der Waals surface area (Å²) in [6.45, 7) is 0.265. The van der Waals surface area contributed by atoms with E-state index in [9.17, 15) is 4.79 Å². The molecule has 25 heavy (non-hydrogen) atoms. The standard InChI is InChI=1S/C16H13N7OS/c24-16(15-9-18-23(20-15)13-4-2-1-3-5-13)17-8-12-10-22(21-19-12)14-6-7-25-11-14/h1-7,9-11H,8H2,(H,17,24). The lowest BCUT2D eigenvalue weighted by molar-refractivity contribution is 0.0945. The van der Waals surface area contributed by atoms with Crippen molar-refractivity contribution in [3.05, 3.63) is 70.9 Å². The lowest BCUT2D eigenvalue weighted by Gasteiger charge is -2.00. The number of carbonyl (C=O) groups is 1. The van der Waals surface area contributed by atoms with E-state index in [1.165, 1.54) is 11.0 Å². The molecule has 0 fully saturated rings. The van der Waals surface area contributed by atoms with Crippen molar-refractivity contribution in [2.45, 2.75) is 6.54 Å². The molecular weight excluding hydrogens is 338 g/mol. The van der Waals surface area contributed by atoms with Crippen molar-refractivity contribution in [1.82, 2.24) is 35.3 Å². The van der Waals surface area contributed by atoms with Crippen molar-refractivity contribution in [3.8, 4) is 11.4 Å². The Balaban J connectivity index is 1.40. The van der Waals surface area contributed by atoms with Crippen LogP contribution in [0, 0.1) is 0 Å². The minimum Gasteiger partial charge on any atom is -0.345 e. The van der Waals surface area contributed by atoms with Crippen LogP contribution in [0.1, 0.15) is 16.2 Å². The van der Waals surface area contributed by atoms with Gasteiger partial charge in [-0.25, -0.2) is 4.68 Å². The van der Waals surface area contributed by atoms with E-state index in [4.69, 9.17) is 0 Å². The highest BCUT2D eigenvalue weighted by molar-refractivity contribution is 7.08. The molecule has 0 spiro atoms.